The lowest BCUT2D eigenvalue weighted by Gasteiger charge is -2.43. The first kappa shape index (κ1) is 19.5. The van der Waals surface area contributed by atoms with Gasteiger partial charge < -0.3 is 20.7 Å². The van der Waals surface area contributed by atoms with Crippen LogP contribution in [0.1, 0.15) is 44.6 Å². The monoisotopic (exact) mass is 372 g/mol. The smallest absolute Gasteiger partial charge is 0.407 e. The summed E-state index contributed by atoms with van der Waals surface area (Å²) in [7, 11) is 1.79. The summed E-state index contributed by atoms with van der Waals surface area (Å²) < 4.78 is 5.02. The molecule has 1 atom stereocenters. The molecule has 1 aromatic rings. The van der Waals surface area contributed by atoms with E-state index in [1.807, 2.05) is 6.92 Å². The molecule has 2 aliphatic rings. The molecular formula is C21H32N4O2. The SMILES string of the molecule is CCOC(=O)NC(CNC(=NC)NCC1(c2ccccc2)CCC1)C1CC1. The second-order valence-corrected chi connectivity index (χ2v) is 7.62. The van der Waals surface area contributed by atoms with Crippen LogP contribution < -0.4 is 16.0 Å². The summed E-state index contributed by atoms with van der Waals surface area (Å²) in [5, 5.41) is 9.85. The van der Waals surface area contributed by atoms with Gasteiger partial charge in [0.1, 0.15) is 0 Å². The van der Waals surface area contributed by atoms with Gasteiger partial charge in [0.2, 0.25) is 0 Å². The van der Waals surface area contributed by atoms with Gasteiger partial charge in [-0.3, -0.25) is 4.99 Å². The number of alkyl carbamates (subject to hydrolysis) is 1. The van der Waals surface area contributed by atoms with Gasteiger partial charge in [0.25, 0.3) is 0 Å². The van der Waals surface area contributed by atoms with Gasteiger partial charge in [-0.15, -0.1) is 0 Å². The topological polar surface area (TPSA) is 74.8 Å². The maximum absolute atomic E-state index is 11.8. The van der Waals surface area contributed by atoms with Crippen molar-refractivity contribution in [2.24, 2.45) is 10.9 Å². The van der Waals surface area contributed by atoms with Crippen LogP contribution in [0.15, 0.2) is 35.3 Å². The van der Waals surface area contributed by atoms with Crippen molar-refractivity contribution < 1.29 is 9.53 Å². The summed E-state index contributed by atoms with van der Waals surface area (Å²) in [6.45, 7) is 3.73. The van der Waals surface area contributed by atoms with Crippen LogP contribution in [0.5, 0.6) is 0 Å². The summed E-state index contributed by atoms with van der Waals surface area (Å²) in [5.74, 6) is 1.32. The van der Waals surface area contributed by atoms with E-state index < -0.39 is 0 Å². The Labute approximate surface area is 162 Å². The number of benzene rings is 1. The van der Waals surface area contributed by atoms with Crippen LogP contribution in [0, 0.1) is 5.92 Å². The second kappa shape index (κ2) is 9.11. The van der Waals surface area contributed by atoms with Gasteiger partial charge in [0, 0.05) is 25.6 Å². The molecule has 27 heavy (non-hydrogen) atoms. The molecule has 2 fully saturated rings. The predicted octanol–water partition coefficient (Wildman–Crippen LogP) is 2.80. The first-order chi connectivity index (χ1) is 13.2. The highest BCUT2D eigenvalue weighted by Crippen LogP contribution is 2.43. The molecule has 0 heterocycles. The minimum absolute atomic E-state index is 0.0781. The number of aliphatic imine (C=N–C) groups is 1. The third-order valence-electron chi connectivity index (χ3n) is 5.77. The fourth-order valence-electron chi connectivity index (χ4n) is 3.80. The Morgan fingerprint density at radius 1 is 1.26 bits per heavy atom. The molecule has 3 rings (SSSR count). The van der Waals surface area contributed by atoms with E-state index in [0.717, 1.165) is 25.3 Å². The number of hydrogen-bond acceptors (Lipinski definition) is 3. The van der Waals surface area contributed by atoms with Crippen LogP contribution >= 0.6 is 0 Å². The summed E-state index contributed by atoms with van der Waals surface area (Å²) >= 11 is 0. The quantitative estimate of drug-likeness (QED) is 0.485. The lowest BCUT2D eigenvalue weighted by atomic mass is 9.64. The van der Waals surface area contributed by atoms with E-state index in [-0.39, 0.29) is 17.6 Å². The maximum Gasteiger partial charge on any atom is 0.407 e. The van der Waals surface area contributed by atoms with E-state index in [4.69, 9.17) is 4.74 Å². The molecule has 0 saturated heterocycles. The maximum atomic E-state index is 11.8. The molecule has 148 valence electrons. The lowest BCUT2D eigenvalue weighted by molar-refractivity contribution is 0.146. The van der Waals surface area contributed by atoms with Crippen molar-refractivity contribution in [3.05, 3.63) is 35.9 Å². The highest BCUT2D eigenvalue weighted by atomic mass is 16.5. The molecular weight excluding hydrogens is 340 g/mol. The number of hydrogen-bond donors (Lipinski definition) is 3. The molecule has 1 amide bonds. The zero-order valence-electron chi connectivity index (χ0n) is 16.5. The zero-order valence-corrected chi connectivity index (χ0v) is 16.5. The Hall–Kier alpha value is -2.24. The van der Waals surface area contributed by atoms with Crippen LogP contribution in [0.25, 0.3) is 0 Å². The Bertz CT molecular complexity index is 639. The molecule has 1 unspecified atom stereocenters. The minimum atomic E-state index is -0.336. The molecule has 0 spiro atoms. The number of nitrogens with one attached hydrogen (secondary N) is 3. The van der Waals surface area contributed by atoms with E-state index in [1.165, 1.54) is 24.8 Å². The molecule has 6 heteroatoms. The Morgan fingerprint density at radius 3 is 2.56 bits per heavy atom. The molecule has 0 aliphatic heterocycles. The number of amides is 1. The van der Waals surface area contributed by atoms with E-state index in [9.17, 15) is 4.79 Å². The number of guanidine groups is 1. The van der Waals surface area contributed by atoms with Gasteiger partial charge in [-0.25, -0.2) is 4.79 Å². The van der Waals surface area contributed by atoms with Gasteiger partial charge in [-0.05, 0) is 44.1 Å². The van der Waals surface area contributed by atoms with Crippen LogP contribution in [-0.4, -0.2) is 44.8 Å². The van der Waals surface area contributed by atoms with Crippen molar-refractivity contribution in [1.29, 1.82) is 0 Å². The molecule has 0 aromatic heterocycles. The average Bonchev–Trinajstić information content (AvgIpc) is 3.48. The van der Waals surface area contributed by atoms with Crippen molar-refractivity contribution in [3.8, 4) is 0 Å². The third kappa shape index (κ3) is 5.15. The number of carbonyl (C=O) groups excluding carboxylic acids is 1. The summed E-state index contributed by atoms with van der Waals surface area (Å²) in [4.78, 5) is 16.1. The summed E-state index contributed by atoms with van der Waals surface area (Å²) in [6, 6.07) is 10.8. The van der Waals surface area contributed by atoms with Crippen LogP contribution in [-0.2, 0) is 10.2 Å². The van der Waals surface area contributed by atoms with Crippen molar-refractivity contribution in [2.45, 2.75) is 50.5 Å². The van der Waals surface area contributed by atoms with Crippen molar-refractivity contribution >= 4 is 12.1 Å². The van der Waals surface area contributed by atoms with Crippen LogP contribution in [0.2, 0.25) is 0 Å². The number of nitrogens with zero attached hydrogens (tertiary/aromatic N) is 1. The molecule has 0 radical (unpaired) electrons. The van der Waals surface area contributed by atoms with Gasteiger partial charge in [0.05, 0.1) is 12.6 Å². The Morgan fingerprint density at radius 2 is 2.00 bits per heavy atom. The molecule has 2 aliphatic carbocycles. The molecule has 6 nitrogen and oxygen atoms in total. The Balaban J connectivity index is 1.51. The first-order valence-corrected chi connectivity index (χ1v) is 10.1. The van der Waals surface area contributed by atoms with Crippen LogP contribution in [0.4, 0.5) is 4.79 Å². The minimum Gasteiger partial charge on any atom is -0.450 e. The first-order valence-electron chi connectivity index (χ1n) is 10.1. The molecule has 1 aromatic carbocycles. The van der Waals surface area contributed by atoms with Crippen molar-refractivity contribution in [3.63, 3.8) is 0 Å². The average molecular weight is 373 g/mol. The fourth-order valence-corrected chi connectivity index (χ4v) is 3.80. The largest absolute Gasteiger partial charge is 0.450 e. The molecule has 2 saturated carbocycles. The predicted molar refractivity (Wildman–Crippen MR) is 108 cm³/mol. The van der Waals surface area contributed by atoms with Gasteiger partial charge >= 0.3 is 6.09 Å². The van der Waals surface area contributed by atoms with E-state index in [2.05, 4.69) is 51.3 Å². The van der Waals surface area contributed by atoms with Crippen LogP contribution in [0.3, 0.4) is 0 Å². The van der Waals surface area contributed by atoms with E-state index in [0.29, 0.717) is 19.1 Å². The lowest BCUT2D eigenvalue weighted by Crippen LogP contribution is -2.52. The second-order valence-electron chi connectivity index (χ2n) is 7.62. The van der Waals surface area contributed by atoms with Crippen molar-refractivity contribution in [2.75, 3.05) is 26.7 Å². The molecule has 0 bridgehead atoms. The summed E-state index contributed by atoms with van der Waals surface area (Å²) in [5.41, 5.74) is 1.61. The number of ether oxygens (including phenoxy) is 1. The summed E-state index contributed by atoms with van der Waals surface area (Å²) in [6.07, 6.45) is 5.66. The highest BCUT2D eigenvalue weighted by molar-refractivity contribution is 5.80. The van der Waals surface area contributed by atoms with E-state index >= 15 is 0 Å². The van der Waals surface area contributed by atoms with Gasteiger partial charge in [-0.1, -0.05) is 36.8 Å². The number of carbonyl (C=O) groups is 1. The Kier molecular flexibility index (Phi) is 6.58. The van der Waals surface area contributed by atoms with E-state index in [1.54, 1.807) is 7.05 Å². The fraction of sp³-hybridized carbons (Fsp3) is 0.619. The third-order valence-corrected chi connectivity index (χ3v) is 5.77. The van der Waals surface area contributed by atoms with Gasteiger partial charge in [0.15, 0.2) is 5.96 Å². The van der Waals surface area contributed by atoms with Gasteiger partial charge in [-0.2, -0.15) is 0 Å². The standard InChI is InChI=1S/C21H32N4O2/c1-3-27-20(26)25-18(16-10-11-16)14-23-19(22-2)24-15-21(12-7-13-21)17-8-5-4-6-9-17/h4-6,8-9,16,18H,3,7,10-15H2,1-2H3,(H,25,26)(H2,22,23,24). The molecule has 3 N–H and O–H groups in total. The highest BCUT2D eigenvalue weighted by Gasteiger charge is 2.38. The zero-order chi connectivity index (χ0) is 19.1. The number of rotatable bonds is 8. The van der Waals surface area contributed by atoms with Crippen molar-refractivity contribution in [1.82, 2.24) is 16.0 Å². The normalized spacial score (nSPS) is 19.6.